The molecule has 5 heteroatoms. The maximum atomic E-state index is 4.46. The molecule has 0 spiro atoms. The molecular weight excluding hydrogens is 322 g/mol. The zero-order chi connectivity index (χ0) is 13.7. The maximum Gasteiger partial charge on any atom is 0.128 e. The normalized spacial score (nSPS) is 10.9. The highest BCUT2D eigenvalue weighted by molar-refractivity contribution is 9.11. The second-order valence-electron chi connectivity index (χ2n) is 4.63. The average Bonchev–Trinajstić information content (AvgIpc) is 2.81. The standard InChI is InChI=1S/C14H18BrN3S/c1-17(2)8-9-18(13-5-3-4-7-16-13)11-12-6-10-19-14(12)15/h3-7,10H,8-9,11H2,1-2H3. The van der Waals surface area contributed by atoms with Crippen LogP contribution >= 0.6 is 27.3 Å². The third-order valence-corrected chi connectivity index (χ3v) is 4.66. The number of pyridine rings is 1. The van der Waals surface area contributed by atoms with E-state index in [4.69, 9.17) is 0 Å². The lowest BCUT2D eigenvalue weighted by molar-refractivity contribution is 0.412. The van der Waals surface area contributed by atoms with E-state index in [-0.39, 0.29) is 0 Å². The van der Waals surface area contributed by atoms with Gasteiger partial charge in [0.05, 0.1) is 3.79 Å². The molecule has 0 unspecified atom stereocenters. The Balaban J connectivity index is 2.12. The Bertz CT molecular complexity index is 498. The number of thiophene rings is 1. The summed E-state index contributed by atoms with van der Waals surface area (Å²) in [4.78, 5) is 8.97. The minimum atomic E-state index is 0.884. The summed E-state index contributed by atoms with van der Waals surface area (Å²) in [6.45, 7) is 2.86. The van der Waals surface area contributed by atoms with Gasteiger partial charge in [-0.25, -0.2) is 4.98 Å². The van der Waals surface area contributed by atoms with Crippen LogP contribution in [0.3, 0.4) is 0 Å². The molecule has 0 aliphatic carbocycles. The third-order valence-electron chi connectivity index (χ3n) is 2.84. The summed E-state index contributed by atoms with van der Waals surface area (Å²) in [5.41, 5.74) is 1.31. The molecule has 0 aliphatic rings. The Labute approximate surface area is 127 Å². The van der Waals surface area contributed by atoms with E-state index < -0.39 is 0 Å². The zero-order valence-corrected chi connectivity index (χ0v) is 13.6. The van der Waals surface area contributed by atoms with Crippen molar-refractivity contribution in [3.05, 3.63) is 45.2 Å². The Morgan fingerprint density at radius 3 is 2.63 bits per heavy atom. The fourth-order valence-electron chi connectivity index (χ4n) is 1.77. The van der Waals surface area contributed by atoms with E-state index in [9.17, 15) is 0 Å². The number of likely N-dealkylation sites (N-methyl/N-ethyl adjacent to an activating group) is 1. The van der Waals surface area contributed by atoms with Crippen molar-refractivity contribution in [1.82, 2.24) is 9.88 Å². The fourth-order valence-corrected chi connectivity index (χ4v) is 2.99. The summed E-state index contributed by atoms with van der Waals surface area (Å²) >= 11 is 5.33. The van der Waals surface area contributed by atoms with Crippen LogP contribution in [0.4, 0.5) is 5.82 Å². The summed E-state index contributed by atoms with van der Waals surface area (Å²) in [5, 5.41) is 2.11. The first-order valence-electron chi connectivity index (χ1n) is 6.19. The van der Waals surface area contributed by atoms with E-state index in [1.54, 1.807) is 11.3 Å². The van der Waals surface area contributed by atoms with Gasteiger partial charge in [-0.05, 0) is 59.2 Å². The van der Waals surface area contributed by atoms with Crippen LogP contribution in [-0.4, -0.2) is 37.1 Å². The first-order valence-corrected chi connectivity index (χ1v) is 7.86. The average molecular weight is 340 g/mol. The summed E-state index contributed by atoms with van der Waals surface area (Å²) in [6, 6.07) is 8.22. The molecule has 2 aromatic rings. The van der Waals surface area contributed by atoms with Crippen LogP contribution in [0, 0.1) is 0 Å². The highest BCUT2D eigenvalue weighted by atomic mass is 79.9. The van der Waals surface area contributed by atoms with Crippen molar-refractivity contribution in [2.24, 2.45) is 0 Å². The van der Waals surface area contributed by atoms with E-state index >= 15 is 0 Å². The van der Waals surface area contributed by atoms with E-state index in [2.05, 4.69) is 62.3 Å². The number of anilines is 1. The highest BCUT2D eigenvalue weighted by Gasteiger charge is 2.11. The van der Waals surface area contributed by atoms with Gasteiger partial charge in [-0.1, -0.05) is 6.07 Å². The molecule has 0 saturated carbocycles. The minimum absolute atomic E-state index is 0.884. The molecule has 0 fully saturated rings. The number of nitrogens with zero attached hydrogens (tertiary/aromatic N) is 3. The van der Waals surface area contributed by atoms with Gasteiger partial charge in [0, 0.05) is 25.8 Å². The molecular formula is C14H18BrN3S. The van der Waals surface area contributed by atoms with Gasteiger partial charge in [-0.3, -0.25) is 0 Å². The molecule has 0 bridgehead atoms. The fraction of sp³-hybridized carbons (Fsp3) is 0.357. The lowest BCUT2D eigenvalue weighted by atomic mass is 10.3. The second kappa shape index (κ2) is 7.03. The van der Waals surface area contributed by atoms with E-state index in [0.717, 1.165) is 25.5 Å². The summed E-state index contributed by atoms with van der Waals surface area (Å²) in [6.07, 6.45) is 1.85. The van der Waals surface area contributed by atoms with Gasteiger partial charge in [-0.15, -0.1) is 11.3 Å². The molecule has 0 radical (unpaired) electrons. The SMILES string of the molecule is CN(C)CCN(Cc1ccsc1Br)c1ccccn1. The minimum Gasteiger partial charge on any atom is -0.351 e. The van der Waals surface area contributed by atoms with Crippen LogP contribution in [0.25, 0.3) is 0 Å². The summed E-state index contributed by atoms with van der Waals surface area (Å²) in [7, 11) is 4.19. The Morgan fingerprint density at radius 1 is 1.21 bits per heavy atom. The number of halogens is 1. The van der Waals surface area contributed by atoms with E-state index in [1.807, 2.05) is 18.3 Å². The van der Waals surface area contributed by atoms with Crippen molar-refractivity contribution in [1.29, 1.82) is 0 Å². The molecule has 0 amide bonds. The molecule has 3 nitrogen and oxygen atoms in total. The number of aromatic nitrogens is 1. The smallest absolute Gasteiger partial charge is 0.128 e. The lowest BCUT2D eigenvalue weighted by Crippen LogP contribution is -2.31. The van der Waals surface area contributed by atoms with Gasteiger partial charge in [0.25, 0.3) is 0 Å². The Hall–Kier alpha value is -0.910. The molecule has 19 heavy (non-hydrogen) atoms. The van der Waals surface area contributed by atoms with Crippen LogP contribution in [0.15, 0.2) is 39.6 Å². The molecule has 0 saturated heterocycles. The van der Waals surface area contributed by atoms with Gasteiger partial charge in [0.2, 0.25) is 0 Å². The van der Waals surface area contributed by atoms with Crippen molar-refractivity contribution in [3.63, 3.8) is 0 Å². The van der Waals surface area contributed by atoms with Crippen LogP contribution < -0.4 is 4.90 Å². The molecule has 0 aromatic carbocycles. The molecule has 0 aliphatic heterocycles. The summed E-state index contributed by atoms with van der Waals surface area (Å²) < 4.78 is 1.21. The van der Waals surface area contributed by atoms with Gasteiger partial charge < -0.3 is 9.80 Å². The maximum absolute atomic E-state index is 4.46. The van der Waals surface area contributed by atoms with Gasteiger partial charge in [0.1, 0.15) is 5.82 Å². The lowest BCUT2D eigenvalue weighted by Gasteiger charge is -2.25. The van der Waals surface area contributed by atoms with Gasteiger partial charge in [-0.2, -0.15) is 0 Å². The molecule has 2 aromatic heterocycles. The molecule has 102 valence electrons. The van der Waals surface area contributed by atoms with Crippen LogP contribution in [0.1, 0.15) is 5.56 Å². The second-order valence-corrected chi connectivity index (χ2v) is 6.87. The molecule has 2 heterocycles. The monoisotopic (exact) mass is 339 g/mol. The van der Waals surface area contributed by atoms with Crippen molar-refractivity contribution in [2.75, 3.05) is 32.1 Å². The van der Waals surface area contributed by atoms with Gasteiger partial charge >= 0.3 is 0 Å². The van der Waals surface area contributed by atoms with E-state index in [0.29, 0.717) is 0 Å². The van der Waals surface area contributed by atoms with Crippen molar-refractivity contribution in [2.45, 2.75) is 6.54 Å². The molecule has 2 rings (SSSR count). The third kappa shape index (κ3) is 4.30. The zero-order valence-electron chi connectivity index (χ0n) is 11.2. The summed E-state index contributed by atoms with van der Waals surface area (Å²) in [5.74, 6) is 1.03. The van der Waals surface area contributed by atoms with Crippen LogP contribution in [0.5, 0.6) is 0 Å². The first-order chi connectivity index (χ1) is 9.16. The van der Waals surface area contributed by atoms with Gasteiger partial charge in [0.15, 0.2) is 0 Å². The predicted molar refractivity (Wildman–Crippen MR) is 85.9 cm³/mol. The topological polar surface area (TPSA) is 19.4 Å². The first kappa shape index (κ1) is 14.5. The number of hydrogen-bond donors (Lipinski definition) is 0. The van der Waals surface area contributed by atoms with Crippen molar-refractivity contribution in [3.8, 4) is 0 Å². The van der Waals surface area contributed by atoms with Crippen LogP contribution in [0.2, 0.25) is 0 Å². The molecule has 0 N–H and O–H groups in total. The largest absolute Gasteiger partial charge is 0.351 e. The van der Waals surface area contributed by atoms with E-state index in [1.165, 1.54) is 9.35 Å². The van der Waals surface area contributed by atoms with Crippen molar-refractivity contribution < 1.29 is 0 Å². The number of rotatable bonds is 6. The number of hydrogen-bond acceptors (Lipinski definition) is 4. The quantitative estimate of drug-likeness (QED) is 0.803. The highest BCUT2D eigenvalue weighted by Crippen LogP contribution is 2.26. The Kier molecular flexibility index (Phi) is 5.36. The molecule has 0 atom stereocenters. The Morgan fingerprint density at radius 2 is 2.05 bits per heavy atom. The van der Waals surface area contributed by atoms with Crippen LogP contribution in [-0.2, 0) is 6.54 Å². The van der Waals surface area contributed by atoms with Crippen molar-refractivity contribution >= 4 is 33.1 Å². The predicted octanol–water partition coefficient (Wildman–Crippen LogP) is 3.47.